The highest BCUT2D eigenvalue weighted by Crippen LogP contribution is 2.25. The molecule has 3 unspecified atom stereocenters. The molecule has 0 aliphatic heterocycles. The van der Waals surface area contributed by atoms with Crippen molar-refractivity contribution in [2.75, 3.05) is 18.5 Å². The van der Waals surface area contributed by atoms with E-state index in [1.807, 2.05) is 16.8 Å². The zero-order chi connectivity index (χ0) is 12.8. The highest BCUT2D eigenvalue weighted by atomic mass is 32.1. The molecule has 0 bridgehead atoms. The van der Waals surface area contributed by atoms with Crippen LogP contribution in [0.2, 0.25) is 0 Å². The molecule has 0 spiro atoms. The van der Waals surface area contributed by atoms with E-state index in [9.17, 15) is 5.11 Å². The molecular formula is C14H23NO2S. The molecule has 1 aliphatic rings. The Morgan fingerprint density at radius 3 is 3.17 bits per heavy atom. The van der Waals surface area contributed by atoms with Crippen molar-refractivity contribution in [1.82, 2.24) is 0 Å². The van der Waals surface area contributed by atoms with Gasteiger partial charge in [0, 0.05) is 17.6 Å². The quantitative estimate of drug-likeness (QED) is 0.833. The van der Waals surface area contributed by atoms with Crippen LogP contribution in [0, 0.1) is 5.92 Å². The van der Waals surface area contributed by atoms with Crippen LogP contribution in [0.1, 0.15) is 32.6 Å². The summed E-state index contributed by atoms with van der Waals surface area (Å²) in [6.45, 7) is 3.28. The van der Waals surface area contributed by atoms with Gasteiger partial charge in [0.15, 0.2) is 0 Å². The van der Waals surface area contributed by atoms with Gasteiger partial charge in [0.05, 0.1) is 18.8 Å². The van der Waals surface area contributed by atoms with Crippen LogP contribution in [-0.2, 0) is 4.74 Å². The van der Waals surface area contributed by atoms with Gasteiger partial charge in [-0.3, -0.25) is 0 Å². The fraction of sp³-hybridized carbons (Fsp3) is 0.714. The topological polar surface area (TPSA) is 41.5 Å². The van der Waals surface area contributed by atoms with E-state index in [4.69, 9.17) is 4.74 Å². The molecule has 0 saturated heterocycles. The summed E-state index contributed by atoms with van der Waals surface area (Å²) >= 11 is 1.65. The van der Waals surface area contributed by atoms with Crippen LogP contribution in [0.25, 0.3) is 0 Å². The lowest BCUT2D eigenvalue weighted by Gasteiger charge is -2.27. The molecule has 102 valence electrons. The molecule has 1 aromatic rings. The molecule has 18 heavy (non-hydrogen) atoms. The third kappa shape index (κ3) is 4.59. The standard InChI is InChI=1S/C14H23NO2S/c1-11-3-2-4-14(7-11)17-9-13(16)8-15-12-5-6-18-10-12/h5-6,10-11,13-16H,2-4,7-9H2,1H3. The van der Waals surface area contributed by atoms with Gasteiger partial charge in [0.1, 0.15) is 0 Å². The Kier molecular flexibility index (Phi) is 5.47. The van der Waals surface area contributed by atoms with Crippen LogP contribution in [0.3, 0.4) is 0 Å². The molecule has 3 nitrogen and oxygen atoms in total. The Morgan fingerprint density at radius 1 is 1.56 bits per heavy atom. The van der Waals surface area contributed by atoms with Crippen molar-refractivity contribution >= 4 is 17.0 Å². The zero-order valence-corrected chi connectivity index (χ0v) is 11.8. The van der Waals surface area contributed by atoms with Gasteiger partial charge in [-0.2, -0.15) is 11.3 Å². The first kappa shape index (κ1) is 13.8. The van der Waals surface area contributed by atoms with E-state index in [-0.39, 0.29) is 0 Å². The number of ether oxygens (including phenoxy) is 1. The smallest absolute Gasteiger partial charge is 0.0945 e. The maximum absolute atomic E-state index is 9.86. The molecule has 1 heterocycles. The molecule has 2 N–H and O–H groups in total. The lowest BCUT2D eigenvalue weighted by Crippen LogP contribution is -2.29. The number of anilines is 1. The molecule has 2 rings (SSSR count). The molecule has 0 amide bonds. The molecule has 1 aliphatic carbocycles. The summed E-state index contributed by atoms with van der Waals surface area (Å²) in [7, 11) is 0. The first-order chi connectivity index (χ1) is 8.74. The minimum Gasteiger partial charge on any atom is -0.389 e. The Bertz CT molecular complexity index is 329. The minimum atomic E-state index is -0.429. The maximum atomic E-state index is 9.86. The van der Waals surface area contributed by atoms with Crippen molar-refractivity contribution < 1.29 is 9.84 Å². The third-order valence-corrected chi connectivity index (χ3v) is 4.16. The van der Waals surface area contributed by atoms with E-state index in [1.165, 1.54) is 12.8 Å². The molecule has 0 aromatic carbocycles. The lowest BCUT2D eigenvalue weighted by atomic mass is 9.89. The monoisotopic (exact) mass is 269 g/mol. The van der Waals surface area contributed by atoms with Gasteiger partial charge in [-0.25, -0.2) is 0 Å². The van der Waals surface area contributed by atoms with E-state index in [0.29, 0.717) is 19.3 Å². The van der Waals surface area contributed by atoms with Crippen molar-refractivity contribution in [3.8, 4) is 0 Å². The summed E-state index contributed by atoms with van der Waals surface area (Å²) in [5.74, 6) is 0.768. The van der Waals surface area contributed by atoms with E-state index in [1.54, 1.807) is 11.3 Å². The number of aliphatic hydroxyl groups excluding tert-OH is 1. The molecular weight excluding hydrogens is 246 g/mol. The molecule has 1 saturated carbocycles. The molecule has 4 heteroatoms. The third-order valence-electron chi connectivity index (χ3n) is 3.48. The molecule has 3 atom stereocenters. The van der Waals surface area contributed by atoms with Crippen LogP contribution in [0.15, 0.2) is 16.8 Å². The van der Waals surface area contributed by atoms with Crippen LogP contribution < -0.4 is 5.32 Å². The summed E-state index contributed by atoms with van der Waals surface area (Å²) in [5.41, 5.74) is 1.07. The lowest BCUT2D eigenvalue weighted by molar-refractivity contribution is -0.0274. The fourth-order valence-corrected chi connectivity index (χ4v) is 3.05. The number of hydrogen-bond donors (Lipinski definition) is 2. The summed E-state index contributed by atoms with van der Waals surface area (Å²) < 4.78 is 5.80. The van der Waals surface area contributed by atoms with Crippen molar-refractivity contribution in [3.05, 3.63) is 16.8 Å². The second-order valence-corrected chi connectivity index (χ2v) is 6.05. The number of rotatable bonds is 6. The fourth-order valence-electron chi connectivity index (χ4n) is 2.44. The average molecular weight is 269 g/mol. The highest BCUT2D eigenvalue weighted by Gasteiger charge is 2.20. The molecule has 1 aromatic heterocycles. The largest absolute Gasteiger partial charge is 0.389 e. The van der Waals surface area contributed by atoms with Crippen molar-refractivity contribution in [3.63, 3.8) is 0 Å². The van der Waals surface area contributed by atoms with Gasteiger partial charge in [0.25, 0.3) is 0 Å². The minimum absolute atomic E-state index is 0.351. The SMILES string of the molecule is CC1CCCC(OCC(O)CNc2ccsc2)C1. The van der Waals surface area contributed by atoms with E-state index >= 15 is 0 Å². The van der Waals surface area contributed by atoms with E-state index in [0.717, 1.165) is 24.4 Å². The maximum Gasteiger partial charge on any atom is 0.0945 e. The van der Waals surface area contributed by atoms with Crippen molar-refractivity contribution in [2.45, 2.75) is 44.8 Å². The molecule has 0 radical (unpaired) electrons. The number of hydrogen-bond acceptors (Lipinski definition) is 4. The molecule has 1 fully saturated rings. The van der Waals surface area contributed by atoms with Crippen LogP contribution in [0.5, 0.6) is 0 Å². The summed E-state index contributed by atoms with van der Waals surface area (Å²) in [5, 5.41) is 17.1. The van der Waals surface area contributed by atoms with Gasteiger partial charge < -0.3 is 15.2 Å². The van der Waals surface area contributed by atoms with Gasteiger partial charge in [-0.15, -0.1) is 0 Å². The predicted octanol–water partition coefficient (Wildman–Crippen LogP) is 3.12. The second kappa shape index (κ2) is 7.12. The summed E-state index contributed by atoms with van der Waals surface area (Å²) in [4.78, 5) is 0. The predicted molar refractivity (Wildman–Crippen MR) is 76.2 cm³/mol. The van der Waals surface area contributed by atoms with Gasteiger partial charge in [-0.05, 0) is 30.2 Å². The van der Waals surface area contributed by atoms with E-state index in [2.05, 4.69) is 12.2 Å². The van der Waals surface area contributed by atoms with Gasteiger partial charge in [0.2, 0.25) is 0 Å². The first-order valence-electron chi connectivity index (χ1n) is 6.80. The normalized spacial score (nSPS) is 25.9. The van der Waals surface area contributed by atoms with E-state index < -0.39 is 6.10 Å². The number of nitrogens with one attached hydrogen (secondary N) is 1. The Labute approximate surface area is 113 Å². The van der Waals surface area contributed by atoms with Crippen LogP contribution in [0.4, 0.5) is 5.69 Å². The van der Waals surface area contributed by atoms with Gasteiger partial charge in [-0.1, -0.05) is 19.8 Å². The summed E-state index contributed by atoms with van der Waals surface area (Å²) in [6.07, 6.45) is 4.79. The van der Waals surface area contributed by atoms with Crippen molar-refractivity contribution in [2.24, 2.45) is 5.92 Å². The zero-order valence-electron chi connectivity index (χ0n) is 11.0. The summed E-state index contributed by atoms with van der Waals surface area (Å²) in [6, 6.07) is 2.01. The highest BCUT2D eigenvalue weighted by molar-refractivity contribution is 7.08. The number of thiophene rings is 1. The first-order valence-corrected chi connectivity index (χ1v) is 7.74. The second-order valence-electron chi connectivity index (χ2n) is 5.27. The van der Waals surface area contributed by atoms with Crippen LogP contribution >= 0.6 is 11.3 Å². The Morgan fingerprint density at radius 2 is 2.44 bits per heavy atom. The Hall–Kier alpha value is -0.580. The van der Waals surface area contributed by atoms with Gasteiger partial charge >= 0.3 is 0 Å². The van der Waals surface area contributed by atoms with Crippen LogP contribution in [-0.4, -0.2) is 30.5 Å². The van der Waals surface area contributed by atoms with Crippen molar-refractivity contribution in [1.29, 1.82) is 0 Å². The number of aliphatic hydroxyl groups is 1. The Balaban J connectivity index is 1.60. The average Bonchev–Trinajstić information content (AvgIpc) is 2.87.